The van der Waals surface area contributed by atoms with Gasteiger partial charge in [-0.25, -0.2) is 0 Å². The number of carboxylic acids is 1. The first-order valence-electron chi connectivity index (χ1n) is 7.03. The van der Waals surface area contributed by atoms with Gasteiger partial charge in [0.1, 0.15) is 0 Å². The predicted octanol–water partition coefficient (Wildman–Crippen LogP) is 1.85. The highest BCUT2D eigenvalue weighted by Gasteiger charge is 2.45. The summed E-state index contributed by atoms with van der Waals surface area (Å²) < 4.78 is 0. The van der Waals surface area contributed by atoms with E-state index in [9.17, 15) is 14.7 Å². The molecule has 2 atom stereocenters. The second kappa shape index (κ2) is 5.35. The molecule has 1 amide bonds. The third-order valence-corrected chi connectivity index (χ3v) is 4.35. The molecule has 114 valence electrons. The molecule has 21 heavy (non-hydrogen) atoms. The summed E-state index contributed by atoms with van der Waals surface area (Å²) in [7, 11) is 0. The van der Waals surface area contributed by atoms with Crippen molar-refractivity contribution in [3.63, 3.8) is 0 Å². The second-order valence-electron chi connectivity index (χ2n) is 5.95. The van der Waals surface area contributed by atoms with E-state index in [1.54, 1.807) is 19.9 Å². The molecule has 2 rings (SSSR count). The van der Waals surface area contributed by atoms with Crippen LogP contribution in [-0.2, 0) is 4.79 Å². The van der Waals surface area contributed by atoms with E-state index in [0.717, 1.165) is 18.5 Å². The van der Waals surface area contributed by atoms with E-state index in [0.29, 0.717) is 23.4 Å². The molecule has 0 radical (unpaired) electrons. The van der Waals surface area contributed by atoms with Gasteiger partial charge in [-0.3, -0.25) is 14.6 Å². The number of primary amides is 1. The Bertz CT molecular complexity index is 600. The number of pyridine rings is 1. The maximum Gasteiger partial charge on any atom is 0.311 e. The number of aryl methyl sites for hydroxylation is 2. The van der Waals surface area contributed by atoms with Crippen molar-refractivity contribution < 1.29 is 14.7 Å². The number of aliphatic carboxylic acids is 1. The van der Waals surface area contributed by atoms with Crippen LogP contribution in [-0.4, -0.2) is 28.0 Å². The van der Waals surface area contributed by atoms with Crippen molar-refractivity contribution in [2.24, 2.45) is 11.1 Å². The molecule has 1 aromatic heterocycles. The van der Waals surface area contributed by atoms with Crippen molar-refractivity contribution in [1.29, 1.82) is 0 Å². The van der Waals surface area contributed by atoms with Gasteiger partial charge in [0.15, 0.2) is 0 Å². The van der Waals surface area contributed by atoms with Crippen molar-refractivity contribution in [2.45, 2.75) is 46.1 Å². The van der Waals surface area contributed by atoms with Crippen LogP contribution in [0, 0.1) is 19.3 Å². The summed E-state index contributed by atoms with van der Waals surface area (Å²) >= 11 is 0. The number of hydrogen-bond acceptors (Lipinski definition) is 4. The predicted molar refractivity (Wildman–Crippen MR) is 79.2 cm³/mol. The fourth-order valence-corrected chi connectivity index (χ4v) is 3.09. The average molecular weight is 291 g/mol. The van der Waals surface area contributed by atoms with Crippen molar-refractivity contribution in [2.75, 3.05) is 5.32 Å². The van der Waals surface area contributed by atoms with Gasteiger partial charge in [0, 0.05) is 11.7 Å². The van der Waals surface area contributed by atoms with E-state index in [4.69, 9.17) is 5.73 Å². The minimum Gasteiger partial charge on any atom is -0.481 e. The summed E-state index contributed by atoms with van der Waals surface area (Å²) in [5, 5.41) is 12.7. The molecular weight excluding hydrogens is 270 g/mol. The molecule has 0 aliphatic heterocycles. The van der Waals surface area contributed by atoms with Crippen LogP contribution in [0.15, 0.2) is 6.07 Å². The van der Waals surface area contributed by atoms with Crippen molar-refractivity contribution in [3.05, 3.63) is 23.0 Å². The molecule has 4 N–H and O–H groups in total. The SMILES string of the molecule is Cc1cc(NC2CCCC2(C)C(=O)O)c(C(N)=O)c(C)n1. The Balaban J connectivity index is 2.40. The zero-order valence-electron chi connectivity index (χ0n) is 12.6. The Morgan fingerprint density at radius 3 is 2.71 bits per heavy atom. The van der Waals surface area contributed by atoms with Crippen LogP contribution in [0.25, 0.3) is 0 Å². The molecule has 6 heteroatoms. The number of carbonyl (C=O) groups excluding carboxylic acids is 1. The lowest BCUT2D eigenvalue weighted by atomic mass is 9.84. The second-order valence-corrected chi connectivity index (χ2v) is 5.95. The number of nitrogens with zero attached hydrogens (tertiary/aromatic N) is 1. The van der Waals surface area contributed by atoms with Crippen molar-refractivity contribution >= 4 is 17.6 Å². The zero-order valence-corrected chi connectivity index (χ0v) is 12.6. The average Bonchev–Trinajstić information content (AvgIpc) is 2.70. The first kappa shape index (κ1) is 15.3. The molecule has 0 bridgehead atoms. The highest BCUT2D eigenvalue weighted by Crippen LogP contribution is 2.40. The van der Waals surface area contributed by atoms with Gasteiger partial charge in [-0.15, -0.1) is 0 Å². The van der Waals surface area contributed by atoms with E-state index >= 15 is 0 Å². The van der Waals surface area contributed by atoms with Crippen LogP contribution in [0.2, 0.25) is 0 Å². The molecule has 1 fully saturated rings. The van der Waals surface area contributed by atoms with Gasteiger partial charge >= 0.3 is 5.97 Å². The van der Waals surface area contributed by atoms with E-state index in [2.05, 4.69) is 10.3 Å². The third-order valence-electron chi connectivity index (χ3n) is 4.35. The summed E-state index contributed by atoms with van der Waals surface area (Å²) in [4.78, 5) is 27.4. The maximum atomic E-state index is 11.6. The zero-order chi connectivity index (χ0) is 15.8. The molecule has 6 nitrogen and oxygen atoms in total. The number of aromatic nitrogens is 1. The summed E-state index contributed by atoms with van der Waals surface area (Å²) in [6.07, 6.45) is 2.21. The molecule has 2 unspecified atom stereocenters. The lowest BCUT2D eigenvalue weighted by Gasteiger charge is -2.29. The monoisotopic (exact) mass is 291 g/mol. The first-order chi connectivity index (χ1) is 9.75. The summed E-state index contributed by atoms with van der Waals surface area (Å²) in [5.41, 5.74) is 6.82. The highest BCUT2D eigenvalue weighted by atomic mass is 16.4. The van der Waals surface area contributed by atoms with E-state index < -0.39 is 17.3 Å². The fraction of sp³-hybridized carbons (Fsp3) is 0.533. The fourth-order valence-electron chi connectivity index (χ4n) is 3.09. The third kappa shape index (κ3) is 2.70. The molecule has 1 aliphatic rings. The normalized spacial score (nSPS) is 24.8. The van der Waals surface area contributed by atoms with Gasteiger partial charge in [-0.2, -0.15) is 0 Å². The first-order valence-corrected chi connectivity index (χ1v) is 7.03. The Hall–Kier alpha value is -2.11. The largest absolute Gasteiger partial charge is 0.481 e. The maximum absolute atomic E-state index is 11.6. The van der Waals surface area contributed by atoms with Gasteiger partial charge in [0.2, 0.25) is 0 Å². The number of nitrogens with one attached hydrogen (secondary N) is 1. The number of carboxylic acid groups (broad SMARTS) is 1. The van der Waals surface area contributed by atoms with Crippen LogP contribution >= 0.6 is 0 Å². The molecule has 1 aromatic rings. The summed E-state index contributed by atoms with van der Waals surface area (Å²) in [5.74, 6) is -1.38. The Labute approximate surface area is 123 Å². The molecule has 0 aromatic carbocycles. The number of amides is 1. The molecule has 0 spiro atoms. The quantitative estimate of drug-likeness (QED) is 0.785. The van der Waals surface area contributed by atoms with Crippen LogP contribution in [0.1, 0.15) is 47.9 Å². The smallest absolute Gasteiger partial charge is 0.311 e. The number of nitrogens with two attached hydrogens (primary N) is 1. The van der Waals surface area contributed by atoms with Crippen molar-refractivity contribution in [1.82, 2.24) is 4.98 Å². The Morgan fingerprint density at radius 1 is 1.48 bits per heavy atom. The van der Waals surface area contributed by atoms with E-state index in [-0.39, 0.29) is 6.04 Å². The number of carbonyl (C=O) groups is 2. The van der Waals surface area contributed by atoms with Gasteiger partial charge in [-0.1, -0.05) is 6.42 Å². The molecule has 0 saturated heterocycles. The van der Waals surface area contributed by atoms with E-state index in [1.165, 1.54) is 0 Å². The minimum absolute atomic E-state index is 0.228. The number of anilines is 1. The molecule has 1 saturated carbocycles. The lowest BCUT2D eigenvalue weighted by molar-refractivity contribution is -0.147. The number of hydrogen-bond donors (Lipinski definition) is 3. The summed E-state index contributed by atoms with van der Waals surface area (Å²) in [6.45, 7) is 5.29. The molecule has 1 aliphatic carbocycles. The van der Waals surface area contributed by atoms with Gasteiger partial charge in [-0.05, 0) is 39.7 Å². The van der Waals surface area contributed by atoms with Gasteiger partial charge < -0.3 is 16.2 Å². The van der Waals surface area contributed by atoms with Crippen LogP contribution in [0.4, 0.5) is 5.69 Å². The van der Waals surface area contributed by atoms with E-state index in [1.807, 2.05) is 6.92 Å². The van der Waals surface area contributed by atoms with Crippen LogP contribution < -0.4 is 11.1 Å². The molecule has 1 heterocycles. The summed E-state index contributed by atoms with van der Waals surface area (Å²) in [6, 6.07) is 1.52. The van der Waals surface area contributed by atoms with Crippen LogP contribution in [0.5, 0.6) is 0 Å². The molecular formula is C15H21N3O3. The van der Waals surface area contributed by atoms with Gasteiger partial charge in [0.25, 0.3) is 5.91 Å². The Kier molecular flexibility index (Phi) is 3.89. The standard InChI is InChI=1S/C15H21N3O3/c1-8-7-10(12(13(16)19)9(2)17-8)18-11-5-4-6-15(11,3)14(20)21/h7,11H,4-6H2,1-3H3,(H2,16,19)(H,17,18)(H,20,21). The number of rotatable bonds is 4. The highest BCUT2D eigenvalue weighted by molar-refractivity contribution is 5.99. The van der Waals surface area contributed by atoms with Crippen LogP contribution in [0.3, 0.4) is 0 Å². The van der Waals surface area contributed by atoms with Gasteiger partial charge in [0.05, 0.1) is 22.4 Å². The lowest BCUT2D eigenvalue weighted by Crippen LogP contribution is -2.40. The minimum atomic E-state index is -0.833. The topological polar surface area (TPSA) is 105 Å². The van der Waals surface area contributed by atoms with Crippen molar-refractivity contribution in [3.8, 4) is 0 Å². The Morgan fingerprint density at radius 2 is 2.14 bits per heavy atom.